The summed E-state index contributed by atoms with van der Waals surface area (Å²) in [6.07, 6.45) is 8.78. The van der Waals surface area contributed by atoms with E-state index < -0.39 is 11.6 Å². The number of fused-ring (bicyclic) bond motifs is 1. The molecule has 334 valence electrons. The lowest BCUT2D eigenvalue weighted by molar-refractivity contribution is -0.109. The Hall–Kier alpha value is -5.67. The van der Waals surface area contributed by atoms with E-state index in [1.165, 1.54) is 30.3 Å². The van der Waals surface area contributed by atoms with Gasteiger partial charge in [0.25, 0.3) is 0 Å². The van der Waals surface area contributed by atoms with Crippen LogP contribution in [0.2, 0.25) is 0 Å². The van der Waals surface area contributed by atoms with Gasteiger partial charge >= 0.3 is 0 Å². The zero-order chi connectivity index (χ0) is 44.6. The number of benzene rings is 2. The third kappa shape index (κ3) is 10.6. The number of allylic oxidation sites excluding steroid dienone is 1. The van der Waals surface area contributed by atoms with Crippen molar-refractivity contribution in [2.45, 2.75) is 57.9 Å². The SMILES string of the molecule is C=C(NC=O)C(CCC)Nc1ccc(N2CCC(CC(=C)N3CCN(c4ccc(-c5cnc6c(c5)C(C(=C)c5c(F)ccc(NSN(C)CC)c5F)CN6)cn4)CC3)CC2)c(F)c1. The summed E-state index contributed by atoms with van der Waals surface area (Å²) < 4.78 is 51.2. The number of carbonyl (C=O) groups excluding carboxylic acids is 1. The fourth-order valence-corrected chi connectivity index (χ4v) is 9.19. The Morgan fingerprint density at radius 3 is 2.38 bits per heavy atom. The van der Waals surface area contributed by atoms with E-state index in [2.05, 4.69) is 67.0 Å². The second-order valence-electron chi connectivity index (χ2n) is 16.6. The van der Waals surface area contributed by atoms with Crippen LogP contribution in [0.5, 0.6) is 0 Å². The van der Waals surface area contributed by atoms with Gasteiger partial charge in [-0.1, -0.05) is 40.0 Å². The van der Waals surface area contributed by atoms with Crippen LogP contribution < -0.4 is 30.5 Å². The number of hydrogen-bond acceptors (Lipinski definition) is 11. The zero-order valence-corrected chi connectivity index (χ0v) is 37.3. The van der Waals surface area contributed by atoms with E-state index >= 15 is 13.2 Å². The van der Waals surface area contributed by atoms with Gasteiger partial charge in [-0.15, -0.1) is 0 Å². The molecule has 2 unspecified atom stereocenters. The van der Waals surface area contributed by atoms with Gasteiger partial charge in [-0.05, 0) is 92.8 Å². The maximum Gasteiger partial charge on any atom is 0.211 e. The Balaban J connectivity index is 0.894. The van der Waals surface area contributed by atoms with Crippen LogP contribution in [0.15, 0.2) is 92.1 Å². The van der Waals surface area contributed by atoms with Gasteiger partial charge in [-0.2, -0.15) is 0 Å². The number of halogens is 3. The summed E-state index contributed by atoms with van der Waals surface area (Å²) in [5.41, 5.74) is 6.01. The maximum absolute atomic E-state index is 15.7. The molecule has 1 amide bonds. The van der Waals surface area contributed by atoms with Gasteiger partial charge in [0, 0.05) is 117 Å². The molecule has 63 heavy (non-hydrogen) atoms. The number of hydrogen-bond donors (Lipinski definition) is 4. The normalized spacial score (nSPS) is 16.9. The van der Waals surface area contributed by atoms with Crippen LogP contribution in [-0.2, 0) is 4.79 Å². The van der Waals surface area contributed by atoms with Gasteiger partial charge in [0.2, 0.25) is 6.41 Å². The van der Waals surface area contributed by atoms with Gasteiger partial charge in [0.1, 0.15) is 23.3 Å². The van der Waals surface area contributed by atoms with Crippen molar-refractivity contribution in [2.75, 3.05) is 84.6 Å². The molecule has 4 N–H and O–H groups in total. The molecular weight excluding hydrogens is 822 g/mol. The molecule has 0 bridgehead atoms. The molecule has 2 aromatic heterocycles. The first-order valence-corrected chi connectivity index (χ1v) is 22.6. The average Bonchev–Trinajstić information content (AvgIpc) is 3.72. The molecule has 7 rings (SSSR count). The molecule has 15 heteroatoms. The highest BCUT2D eigenvalue weighted by atomic mass is 32.2. The summed E-state index contributed by atoms with van der Waals surface area (Å²) in [6, 6.07) is 13.9. The van der Waals surface area contributed by atoms with E-state index in [1.54, 1.807) is 6.20 Å². The molecule has 3 aliphatic heterocycles. The van der Waals surface area contributed by atoms with Crippen LogP contribution in [0, 0.1) is 23.4 Å². The molecule has 4 aromatic rings. The number of nitrogens with one attached hydrogen (secondary N) is 4. The molecule has 0 radical (unpaired) electrons. The highest BCUT2D eigenvalue weighted by Crippen LogP contribution is 2.43. The minimum Gasteiger partial charge on any atom is -0.377 e. The topological polar surface area (TPSA) is 104 Å². The quantitative estimate of drug-likeness (QED) is 0.0535. The van der Waals surface area contributed by atoms with Crippen molar-refractivity contribution in [3.05, 3.63) is 121 Å². The highest BCUT2D eigenvalue weighted by molar-refractivity contribution is 7.98. The minimum atomic E-state index is -0.668. The second-order valence-corrected chi connectivity index (χ2v) is 17.6. The molecule has 2 atom stereocenters. The first kappa shape index (κ1) is 45.4. The third-order valence-corrected chi connectivity index (χ3v) is 13.4. The highest BCUT2D eigenvalue weighted by Gasteiger charge is 2.31. The molecule has 5 heterocycles. The van der Waals surface area contributed by atoms with Crippen molar-refractivity contribution < 1.29 is 18.0 Å². The van der Waals surface area contributed by atoms with Crippen molar-refractivity contribution >= 4 is 52.8 Å². The molecule has 3 aliphatic rings. The fraction of sp³-hybridized carbons (Fsp3) is 0.396. The summed E-state index contributed by atoms with van der Waals surface area (Å²) in [6.45, 7) is 22.8. The second kappa shape index (κ2) is 20.7. The molecule has 0 spiro atoms. The van der Waals surface area contributed by atoms with Crippen molar-refractivity contribution in [3.8, 4) is 11.1 Å². The van der Waals surface area contributed by atoms with Crippen molar-refractivity contribution in [2.24, 2.45) is 5.92 Å². The average molecular weight is 881 g/mol. The smallest absolute Gasteiger partial charge is 0.211 e. The van der Waals surface area contributed by atoms with Gasteiger partial charge in [0.15, 0.2) is 5.82 Å². The van der Waals surface area contributed by atoms with E-state index in [4.69, 9.17) is 4.98 Å². The minimum absolute atomic E-state index is 0.124. The summed E-state index contributed by atoms with van der Waals surface area (Å²) in [5.74, 6) is 0.111. The number of rotatable bonds is 19. The zero-order valence-electron chi connectivity index (χ0n) is 36.5. The van der Waals surface area contributed by atoms with Gasteiger partial charge in [0.05, 0.1) is 23.0 Å². The van der Waals surface area contributed by atoms with Gasteiger partial charge in [-0.25, -0.2) is 27.4 Å². The third-order valence-electron chi connectivity index (χ3n) is 12.5. The first-order valence-electron chi connectivity index (χ1n) is 21.9. The molecule has 0 saturated carbocycles. The molecule has 2 fully saturated rings. The van der Waals surface area contributed by atoms with Crippen molar-refractivity contribution in [1.29, 1.82) is 0 Å². The van der Waals surface area contributed by atoms with Crippen LogP contribution in [0.4, 0.5) is 41.9 Å². The molecule has 2 saturated heterocycles. The first-order chi connectivity index (χ1) is 30.5. The van der Waals surface area contributed by atoms with E-state index in [9.17, 15) is 4.79 Å². The number of piperidine rings is 1. The molecule has 11 nitrogen and oxygen atoms in total. The number of piperazine rings is 1. The Morgan fingerprint density at radius 1 is 0.937 bits per heavy atom. The number of nitrogens with zero attached hydrogens (tertiary/aromatic N) is 6. The standard InChI is InChI=1S/C48H59F3N10OS/c1-7-9-42(33(5)55-30-62)56-37-11-14-44(41(50)26-37)60-18-16-34(17-19-60)24-31(3)59-20-22-61(23-21-59)45-15-10-35(27-52-45)36-25-38-39(29-54-48(38)53-28-36)32(4)46-40(49)12-13-43(47(46)51)57-63-58(6)8-2/h10-15,25-28,30,34,39,42,56-57H,3-5,7-9,16-24,29H2,1-2,6H3,(H,53,54)(H,55,62). The lowest BCUT2D eigenvalue weighted by atomic mass is 9.88. The van der Waals surface area contributed by atoms with Crippen LogP contribution >= 0.6 is 12.1 Å². The lowest BCUT2D eigenvalue weighted by Crippen LogP contribution is -2.46. The Bertz CT molecular complexity index is 2280. The van der Waals surface area contributed by atoms with Crippen molar-refractivity contribution in [1.82, 2.24) is 24.5 Å². The van der Waals surface area contributed by atoms with E-state index in [0.29, 0.717) is 47.3 Å². The van der Waals surface area contributed by atoms with Crippen LogP contribution in [-0.4, -0.2) is 91.0 Å². The predicted molar refractivity (Wildman–Crippen MR) is 253 cm³/mol. The lowest BCUT2D eigenvalue weighted by Gasteiger charge is -2.39. The number of anilines is 5. The number of pyridine rings is 2. The molecular formula is C48H59F3N10OS. The summed E-state index contributed by atoms with van der Waals surface area (Å²) in [4.78, 5) is 27.2. The van der Waals surface area contributed by atoms with Crippen LogP contribution in [0.1, 0.15) is 63.0 Å². The number of aromatic nitrogens is 2. The van der Waals surface area contributed by atoms with Gasteiger partial charge < -0.3 is 35.4 Å². The van der Waals surface area contributed by atoms with E-state index in [0.717, 1.165) is 106 Å². The monoisotopic (exact) mass is 880 g/mol. The Labute approximate surface area is 374 Å². The van der Waals surface area contributed by atoms with Gasteiger partial charge in [-0.3, -0.25) is 4.79 Å². The van der Waals surface area contributed by atoms with Crippen LogP contribution in [0.25, 0.3) is 16.7 Å². The predicted octanol–water partition coefficient (Wildman–Crippen LogP) is 9.49. The molecule has 0 aliphatic carbocycles. The largest absolute Gasteiger partial charge is 0.377 e. The number of carbonyl (C=O) groups is 1. The molecule has 2 aromatic carbocycles. The summed E-state index contributed by atoms with van der Waals surface area (Å²) in [5, 5.41) is 9.23. The Kier molecular flexibility index (Phi) is 14.9. The van der Waals surface area contributed by atoms with E-state index in [1.807, 2.05) is 54.8 Å². The Morgan fingerprint density at radius 2 is 1.70 bits per heavy atom. The van der Waals surface area contributed by atoms with Crippen LogP contribution in [0.3, 0.4) is 0 Å². The number of amides is 1. The summed E-state index contributed by atoms with van der Waals surface area (Å²) in [7, 11) is 1.88. The van der Waals surface area contributed by atoms with Crippen molar-refractivity contribution in [3.63, 3.8) is 0 Å². The van der Waals surface area contributed by atoms with E-state index in [-0.39, 0.29) is 29.0 Å². The fourth-order valence-electron chi connectivity index (χ4n) is 8.65. The maximum atomic E-state index is 15.7. The summed E-state index contributed by atoms with van der Waals surface area (Å²) >= 11 is 1.25.